The highest BCUT2D eigenvalue weighted by Crippen LogP contribution is 2.31. The summed E-state index contributed by atoms with van der Waals surface area (Å²) in [6.07, 6.45) is 0. The molecule has 0 saturated carbocycles. The zero-order valence-corrected chi connectivity index (χ0v) is 11.1. The molecule has 0 bridgehead atoms. The molecular weight excluding hydrogens is 284 g/mol. The number of rotatable bonds is 3. The number of methoxy groups -OCH3 is 1. The van der Waals surface area contributed by atoms with E-state index in [0.717, 1.165) is 15.8 Å². The lowest BCUT2D eigenvalue weighted by atomic mass is 10.1. The van der Waals surface area contributed by atoms with Gasteiger partial charge in [-0.15, -0.1) is 0 Å². The molecule has 1 aromatic heterocycles. The van der Waals surface area contributed by atoms with Crippen LogP contribution in [0.1, 0.15) is 17.5 Å². The number of hydrogen-bond donors (Lipinski definition) is 0. The second-order valence-corrected chi connectivity index (χ2v) is 4.42. The highest BCUT2D eigenvalue weighted by molar-refractivity contribution is 9.10. The van der Waals surface area contributed by atoms with Crippen LogP contribution in [0.5, 0.6) is 5.75 Å². The van der Waals surface area contributed by atoms with E-state index in [2.05, 4.69) is 15.9 Å². The second-order valence-electron chi connectivity index (χ2n) is 3.57. The molecule has 0 unspecified atom stereocenters. The fraction of sp³-hybridized carbons (Fsp3) is 0.154. The van der Waals surface area contributed by atoms with Crippen molar-refractivity contribution in [2.45, 2.75) is 6.92 Å². The van der Waals surface area contributed by atoms with E-state index in [9.17, 15) is 4.79 Å². The summed E-state index contributed by atoms with van der Waals surface area (Å²) in [6, 6.07) is 9.08. The van der Waals surface area contributed by atoms with Gasteiger partial charge in [-0.05, 0) is 46.3 Å². The minimum Gasteiger partial charge on any atom is -0.496 e. The van der Waals surface area contributed by atoms with Gasteiger partial charge in [0, 0.05) is 12.5 Å². The van der Waals surface area contributed by atoms with Crippen molar-refractivity contribution in [3.05, 3.63) is 40.6 Å². The SMILES string of the molecule is COc1cc(-c2ccc(C(C)=O)o2)ccc1Br. The van der Waals surface area contributed by atoms with Crippen LogP contribution in [-0.4, -0.2) is 12.9 Å². The van der Waals surface area contributed by atoms with Crippen molar-refractivity contribution < 1.29 is 13.9 Å². The Hall–Kier alpha value is -1.55. The second kappa shape index (κ2) is 4.75. The van der Waals surface area contributed by atoms with Gasteiger partial charge in [0.2, 0.25) is 0 Å². The molecule has 3 nitrogen and oxygen atoms in total. The number of hydrogen-bond acceptors (Lipinski definition) is 3. The van der Waals surface area contributed by atoms with E-state index in [1.54, 1.807) is 19.2 Å². The van der Waals surface area contributed by atoms with Crippen LogP contribution < -0.4 is 4.74 Å². The van der Waals surface area contributed by atoms with Crippen LogP contribution in [0.2, 0.25) is 0 Å². The highest BCUT2D eigenvalue weighted by Gasteiger charge is 2.10. The number of ketones is 1. The Morgan fingerprint density at radius 3 is 2.65 bits per heavy atom. The standard InChI is InChI=1S/C13H11BrO3/c1-8(15)11-5-6-12(17-11)9-3-4-10(14)13(7-9)16-2/h3-7H,1-2H3. The fourth-order valence-electron chi connectivity index (χ4n) is 1.50. The van der Waals surface area contributed by atoms with Gasteiger partial charge in [0.05, 0.1) is 11.6 Å². The van der Waals surface area contributed by atoms with Crippen molar-refractivity contribution in [3.63, 3.8) is 0 Å². The van der Waals surface area contributed by atoms with Crippen molar-refractivity contribution in [1.29, 1.82) is 0 Å². The summed E-state index contributed by atoms with van der Waals surface area (Å²) in [5, 5.41) is 0. The molecule has 0 radical (unpaired) electrons. The molecule has 4 heteroatoms. The number of carbonyl (C=O) groups is 1. The first-order valence-corrected chi connectivity index (χ1v) is 5.86. The molecule has 2 aromatic rings. The molecule has 0 aliphatic rings. The fourth-order valence-corrected chi connectivity index (χ4v) is 1.90. The molecule has 0 spiro atoms. The molecule has 0 fully saturated rings. The monoisotopic (exact) mass is 294 g/mol. The summed E-state index contributed by atoms with van der Waals surface area (Å²) < 4.78 is 11.5. The predicted octanol–water partition coefficient (Wildman–Crippen LogP) is 3.92. The van der Waals surface area contributed by atoms with Crippen molar-refractivity contribution in [2.75, 3.05) is 7.11 Å². The molecule has 88 valence electrons. The molecule has 0 amide bonds. The lowest BCUT2D eigenvalue weighted by Crippen LogP contribution is -1.87. The van der Waals surface area contributed by atoms with Crippen molar-refractivity contribution in [2.24, 2.45) is 0 Å². The number of furan rings is 1. The molecule has 0 saturated heterocycles. The largest absolute Gasteiger partial charge is 0.496 e. The first-order chi connectivity index (χ1) is 8.11. The number of carbonyl (C=O) groups excluding carboxylic acids is 1. The average molecular weight is 295 g/mol. The minimum atomic E-state index is -0.0830. The first-order valence-electron chi connectivity index (χ1n) is 5.06. The molecule has 0 atom stereocenters. The molecule has 2 rings (SSSR count). The Bertz CT molecular complexity index is 558. The molecule has 17 heavy (non-hydrogen) atoms. The number of halogens is 1. The maximum atomic E-state index is 11.1. The number of Topliss-reactive ketones (excluding diaryl/α,β-unsaturated/α-hetero) is 1. The van der Waals surface area contributed by atoms with Crippen LogP contribution in [0.25, 0.3) is 11.3 Å². The Morgan fingerprint density at radius 2 is 2.06 bits per heavy atom. The summed E-state index contributed by atoms with van der Waals surface area (Å²) in [4.78, 5) is 11.1. The van der Waals surface area contributed by atoms with E-state index in [1.807, 2.05) is 18.2 Å². The van der Waals surface area contributed by atoms with Gasteiger partial charge >= 0.3 is 0 Å². The van der Waals surface area contributed by atoms with Crippen LogP contribution in [0.4, 0.5) is 0 Å². The van der Waals surface area contributed by atoms with Gasteiger partial charge in [0.15, 0.2) is 11.5 Å². The minimum absolute atomic E-state index is 0.0830. The zero-order valence-electron chi connectivity index (χ0n) is 9.49. The normalized spacial score (nSPS) is 10.3. The number of ether oxygens (including phenoxy) is 1. The summed E-state index contributed by atoms with van der Waals surface area (Å²) in [5.74, 6) is 1.66. The van der Waals surface area contributed by atoms with Gasteiger partial charge in [-0.1, -0.05) is 0 Å². The Morgan fingerprint density at radius 1 is 1.29 bits per heavy atom. The van der Waals surface area contributed by atoms with Gasteiger partial charge < -0.3 is 9.15 Å². The smallest absolute Gasteiger partial charge is 0.194 e. The van der Waals surface area contributed by atoms with Gasteiger partial charge in [0.1, 0.15) is 11.5 Å². The summed E-state index contributed by atoms with van der Waals surface area (Å²) in [6.45, 7) is 1.48. The van der Waals surface area contributed by atoms with E-state index in [0.29, 0.717) is 11.5 Å². The molecule has 0 N–H and O–H groups in total. The number of benzene rings is 1. The van der Waals surface area contributed by atoms with Crippen LogP contribution in [0.15, 0.2) is 39.2 Å². The van der Waals surface area contributed by atoms with Gasteiger partial charge in [-0.2, -0.15) is 0 Å². The van der Waals surface area contributed by atoms with Gasteiger partial charge in [0.25, 0.3) is 0 Å². The third-order valence-corrected chi connectivity index (χ3v) is 3.04. The quantitative estimate of drug-likeness (QED) is 0.806. The van der Waals surface area contributed by atoms with Crippen LogP contribution in [0, 0.1) is 0 Å². The lowest BCUT2D eigenvalue weighted by molar-refractivity contribution is 0.0988. The summed E-state index contributed by atoms with van der Waals surface area (Å²) in [5.41, 5.74) is 0.873. The maximum absolute atomic E-state index is 11.1. The van der Waals surface area contributed by atoms with Crippen molar-refractivity contribution >= 4 is 21.7 Å². The van der Waals surface area contributed by atoms with E-state index in [4.69, 9.17) is 9.15 Å². The lowest BCUT2D eigenvalue weighted by Gasteiger charge is -2.04. The predicted molar refractivity (Wildman–Crippen MR) is 68.4 cm³/mol. The van der Waals surface area contributed by atoms with Crippen molar-refractivity contribution in [1.82, 2.24) is 0 Å². The Kier molecular flexibility index (Phi) is 3.33. The van der Waals surface area contributed by atoms with Gasteiger partial charge in [-0.25, -0.2) is 0 Å². The van der Waals surface area contributed by atoms with E-state index in [-0.39, 0.29) is 5.78 Å². The van der Waals surface area contributed by atoms with Crippen LogP contribution in [-0.2, 0) is 0 Å². The van der Waals surface area contributed by atoms with Crippen molar-refractivity contribution in [3.8, 4) is 17.1 Å². The third kappa shape index (κ3) is 2.42. The molecule has 1 heterocycles. The average Bonchev–Trinajstić information content (AvgIpc) is 2.79. The van der Waals surface area contributed by atoms with Crippen LogP contribution >= 0.6 is 15.9 Å². The molecule has 0 aliphatic heterocycles. The molecule has 0 aliphatic carbocycles. The van der Waals surface area contributed by atoms with E-state index in [1.165, 1.54) is 6.92 Å². The molecular formula is C13H11BrO3. The summed E-state index contributed by atoms with van der Waals surface area (Å²) >= 11 is 3.38. The topological polar surface area (TPSA) is 39.4 Å². The Balaban J connectivity index is 2.42. The van der Waals surface area contributed by atoms with Crippen LogP contribution in [0.3, 0.4) is 0 Å². The van der Waals surface area contributed by atoms with Gasteiger partial charge in [-0.3, -0.25) is 4.79 Å². The van der Waals surface area contributed by atoms with E-state index >= 15 is 0 Å². The maximum Gasteiger partial charge on any atom is 0.194 e. The van der Waals surface area contributed by atoms with E-state index < -0.39 is 0 Å². The zero-order chi connectivity index (χ0) is 12.4. The third-order valence-electron chi connectivity index (χ3n) is 2.39. The summed E-state index contributed by atoms with van der Waals surface area (Å²) in [7, 11) is 1.60. The highest BCUT2D eigenvalue weighted by atomic mass is 79.9. The first kappa shape index (κ1) is 11.9. The Labute approximate surface area is 108 Å². The molecule has 1 aromatic carbocycles.